The predicted molar refractivity (Wildman–Crippen MR) is 102 cm³/mol. The molecule has 0 unspecified atom stereocenters. The van der Waals surface area contributed by atoms with Crippen molar-refractivity contribution in [3.8, 4) is 5.75 Å². The van der Waals surface area contributed by atoms with Crippen molar-refractivity contribution in [1.29, 1.82) is 0 Å². The summed E-state index contributed by atoms with van der Waals surface area (Å²) in [6.45, 7) is 3.38. The molecule has 1 fully saturated rings. The number of nitrogens with zero attached hydrogens (tertiary/aromatic N) is 2. The molecular weight excluding hydrogens is 403 g/mol. The average Bonchev–Trinajstić information content (AvgIpc) is 2.62. The van der Waals surface area contributed by atoms with Crippen LogP contribution in [0.5, 0.6) is 5.75 Å². The van der Waals surface area contributed by atoms with E-state index < -0.39 is 0 Å². The van der Waals surface area contributed by atoms with Crippen molar-refractivity contribution in [2.24, 2.45) is 4.99 Å². The molecule has 0 bridgehead atoms. The highest BCUT2D eigenvalue weighted by atomic mass is 127. The third-order valence-corrected chi connectivity index (χ3v) is 4.49. The minimum Gasteiger partial charge on any atom is -0.496 e. The fourth-order valence-electron chi connectivity index (χ4n) is 2.50. The second-order valence-electron chi connectivity index (χ2n) is 5.26. The van der Waals surface area contributed by atoms with Gasteiger partial charge in [-0.1, -0.05) is 0 Å². The molecule has 23 heavy (non-hydrogen) atoms. The summed E-state index contributed by atoms with van der Waals surface area (Å²) in [6, 6.07) is 14.3. The van der Waals surface area contributed by atoms with Crippen LogP contribution in [-0.2, 0) is 4.74 Å². The quantitative estimate of drug-likeness (QED) is 0.554. The lowest BCUT2D eigenvalue weighted by Gasteiger charge is -2.29. The summed E-state index contributed by atoms with van der Waals surface area (Å²) in [4.78, 5) is 6.84. The van der Waals surface area contributed by atoms with Gasteiger partial charge in [-0.3, -0.25) is 4.99 Å². The van der Waals surface area contributed by atoms with Gasteiger partial charge in [0.1, 0.15) is 5.75 Å². The van der Waals surface area contributed by atoms with Gasteiger partial charge in [-0.2, -0.15) is 0 Å². The molecule has 0 atom stereocenters. The molecule has 1 aliphatic rings. The molecule has 0 spiro atoms. The van der Waals surface area contributed by atoms with E-state index in [4.69, 9.17) is 9.47 Å². The molecule has 3 rings (SSSR count). The van der Waals surface area contributed by atoms with E-state index in [0.29, 0.717) is 0 Å². The van der Waals surface area contributed by atoms with Gasteiger partial charge in [0.05, 0.1) is 26.0 Å². The summed E-state index contributed by atoms with van der Waals surface area (Å²) in [5.74, 6) is 0.836. The molecule has 0 aromatic heterocycles. The molecule has 120 valence electrons. The van der Waals surface area contributed by atoms with Crippen LogP contribution in [0.25, 0.3) is 0 Å². The largest absolute Gasteiger partial charge is 0.496 e. The molecular formula is C18H19IN2O2. The topological polar surface area (TPSA) is 34.1 Å². The van der Waals surface area contributed by atoms with E-state index in [2.05, 4.69) is 50.7 Å². The van der Waals surface area contributed by atoms with Crippen LogP contribution in [0.4, 0.5) is 11.4 Å². The highest BCUT2D eigenvalue weighted by Crippen LogP contribution is 2.26. The van der Waals surface area contributed by atoms with Crippen LogP contribution in [0.1, 0.15) is 5.56 Å². The number of hydrogen-bond acceptors (Lipinski definition) is 4. The summed E-state index contributed by atoms with van der Waals surface area (Å²) < 4.78 is 12.1. The zero-order chi connectivity index (χ0) is 16.1. The Kier molecular flexibility index (Phi) is 5.51. The Morgan fingerprint density at radius 1 is 1.13 bits per heavy atom. The van der Waals surface area contributed by atoms with Crippen LogP contribution in [0.2, 0.25) is 0 Å². The Bertz CT molecular complexity index is 680. The van der Waals surface area contributed by atoms with Gasteiger partial charge in [0, 0.05) is 40.2 Å². The van der Waals surface area contributed by atoms with Crippen molar-refractivity contribution in [3.63, 3.8) is 0 Å². The molecule has 0 radical (unpaired) electrons. The molecule has 0 saturated carbocycles. The fraction of sp³-hybridized carbons (Fsp3) is 0.278. The second kappa shape index (κ2) is 7.79. The van der Waals surface area contributed by atoms with Crippen molar-refractivity contribution in [1.82, 2.24) is 0 Å². The molecule has 4 nitrogen and oxygen atoms in total. The summed E-state index contributed by atoms with van der Waals surface area (Å²) in [6.07, 6.45) is 1.85. The first kappa shape index (κ1) is 16.3. The maximum Gasteiger partial charge on any atom is 0.129 e. The van der Waals surface area contributed by atoms with E-state index in [0.717, 1.165) is 49.0 Å². The Balaban J connectivity index is 1.80. The summed E-state index contributed by atoms with van der Waals surface area (Å²) in [5.41, 5.74) is 3.07. The van der Waals surface area contributed by atoms with E-state index in [9.17, 15) is 0 Å². The second-order valence-corrected chi connectivity index (χ2v) is 6.51. The molecule has 0 amide bonds. The number of anilines is 1. The summed E-state index contributed by atoms with van der Waals surface area (Å²) in [5, 5.41) is 0. The van der Waals surface area contributed by atoms with Crippen LogP contribution in [0.15, 0.2) is 47.5 Å². The first-order chi connectivity index (χ1) is 11.3. The molecule has 1 saturated heterocycles. The number of hydrogen-bond donors (Lipinski definition) is 0. The van der Waals surface area contributed by atoms with Crippen molar-refractivity contribution in [3.05, 3.63) is 51.6 Å². The number of methoxy groups -OCH3 is 1. The van der Waals surface area contributed by atoms with Gasteiger partial charge in [-0.05, 0) is 59.0 Å². The number of benzene rings is 2. The Labute approximate surface area is 150 Å². The third kappa shape index (κ3) is 4.23. The highest BCUT2D eigenvalue weighted by molar-refractivity contribution is 14.1. The lowest BCUT2D eigenvalue weighted by molar-refractivity contribution is 0.122. The molecule has 5 heteroatoms. The normalized spacial score (nSPS) is 15.1. The average molecular weight is 422 g/mol. The van der Waals surface area contributed by atoms with Gasteiger partial charge in [-0.15, -0.1) is 0 Å². The van der Waals surface area contributed by atoms with Gasteiger partial charge in [0.2, 0.25) is 0 Å². The van der Waals surface area contributed by atoms with Gasteiger partial charge in [0.25, 0.3) is 0 Å². The summed E-state index contributed by atoms with van der Waals surface area (Å²) in [7, 11) is 1.70. The minimum atomic E-state index is 0.776. The molecule has 0 aliphatic carbocycles. The lowest BCUT2D eigenvalue weighted by Crippen LogP contribution is -2.36. The van der Waals surface area contributed by atoms with E-state index >= 15 is 0 Å². The molecule has 1 heterocycles. The zero-order valence-electron chi connectivity index (χ0n) is 13.0. The van der Waals surface area contributed by atoms with Gasteiger partial charge in [0.15, 0.2) is 0 Å². The van der Waals surface area contributed by atoms with E-state index in [1.54, 1.807) is 7.11 Å². The first-order valence-corrected chi connectivity index (χ1v) is 8.64. The van der Waals surface area contributed by atoms with Gasteiger partial charge in [-0.25, -0.2) is 0 Å². The maximum atomic E-state index is 5.53. The standard InChI is InChI=1S/C18H19IN2O2/c1-22-18-12-17(21-8-10-23-11-9-21)7-2-14(18)13-20-16-5-3-15(19)4-6-16/h2-7,12-13H,8-11H2,1H3. The van der Waals surface area contributed by atoms with E-state index in [1.165, 1.54) is 3.57 Å². The van der Waals surface area contributed by atoms with E-state index in [1.807, 2.05) is 30.5 Å². The minimum absolute atomic E-state index is 0.776. The van der Waals surface area contributed by atoms with Crippen LogP contribution in [0.3, 0.4) is 0 Å². The molecule has 0 N–H and O–H groups in total. The van der Waals surface area contributed by atoms with Crippen molar-refractivity contribution in [2.75, 3.05) is 38.3 Å². The monoisotopic (exact) mass is 422 g/mol. The molecule has 2 aromatic rings. The number of ether oxygens (including phenoxy) is 2. The number of halogens is 1. The number of rotatable bonds is 4. The molecule has 2 aromatic carbocycles. The van der Waals surface area contributed by atoms with Crippen molar-refractivity contribution >= 4 is 40.2 Å². The third-order valence-electron chi connectivity index (χ3n) is 3.77. The lowest BCUT2D eigenvalue weighted by atomic mass is 10.1. The fourth-order valence-corrected chi connectivity index (χ4v) is 2.86. The van der Waals surface area contributed by atoms with Gasteiger partial charge < -0.3 is 14.4 Å². The van der Waals surface area contributed by atoms with Crippen LogP contribution in [0, 0.1) is 3.57 Å². The first-order valence-electron chi connectivity index (χ1n) is 7.56. The van der Waals surface area contributed by atoms with Gasteiger partial charge >= 0.3 is 0 Å². The number of aliphatic imine (C=N–C) groups is 1. The highest BCUT2D eigenvalue weighted by Gasteiger charge is 2.13. The Morgan fingerprint density at radius 3 is 2.57 bits per heavy atom. The number of morpholine rings is 1. The van der Waals surface area contributed by atoms with Crippen molar-refractivity contribution < 1.29 is 9.47 Å². The van der Waals surface area contributed by atoms with Crippen molar-refractivity contribution in [2.45, 2.75) is 0 Å². The van der Waals surface area contributed by atoms with E-state index in [-0.39, 0.29) is 0 Å². The maximum absolute atomic E-state index is 5.53. The SMILES string of the molecule is COc1cc(N2CCOCC2)ccc1C=Nc1ccc(I)cc1. The zero-order valence-corrected chi connectivity index (χ0v) is 15.2. The Morgan fingerprint density at radius 2 is 1.87 bits per heavy atom. The van der Waals surface area contributed by atoms with Crippen LogP contribution in [-0.4, -0.2) is 39.6 Å². The smallest absolute Gasteiger partial charge is 0.129 e. The van der Waals surface area contributed by atoms with Crippen LogP contribution < -0.4 is 9.64 Å². The Hall–Kier alpha value is -1.60. The summed E-state index contributed by atoms with van der Waals surface area (Å²) >= 11 is 2.29. The predicted octanol–water partition coefficient (Wildman–Crippen LogP) is 3.89. The van der Waals surface area contributed by atoms with Crippen LogP contribution >= 0.6 is 22.6 Å². The molecule has 1 aliphatic heterocycles.